The molecule has 1 unspecified atom stereocenters. The number of amides is 1. The summed E-state index contributed by atoms with van der Waals surface area (Å²) in [5.41, 5.74) is 0.482. The van der Waals surface area contributed by atoms with E-state index in [-0.39, 0.29) is 11.9 Å². The molecule has 0 radical (unpaired) electrons. The molecule has 1 aromatic heterocycles. The van der Waals surface area contributed by atoms with Crippen molar-refractivity contribution in [3.05, 3.63) is 18.0 Å². The van der Waals surface area contributed by atoms with Crippen LogP contribution in [0.2, 0.25) is 0 Å². The Morgan fingerprint density at radius 2 is 2.40 bits per heavy atom. The lowest BCUT2D eigenvalue weighted by Crippen LogP contribution is -2.39. The van der Waals surface area contributed by atoms with Crippen LogP contribution in [0.4, 0.5) is 0 Å². The van der Waals surface area contributed by atoms with Crippen molar-refractivity contribution in [2.24, 2.45) is 5.92 Å². The highest BCUT2D eigenvalue weighted by Gasteiger charge is 2.16. The third-order valence-corrected chi connectivity index (χ3v) is 2.50. The molecule has 1 rings (SSSR count). The minimum Gasteiger partial charge on any atom is -0.348 e. The number of rotatable bonds is 5. The summed E-state index contributed by atoms with van der Waals surface area (Å²) in [6.45, 7) is 4.12. The van der Waals surface area contributed by atoms with E-state index in [2.05, 4.69) is 29.4 Å². The molecule has 1 aromatic rings. The maximum Gasteiger partial charge on any atom is 0.269 e. The van der Waals surface area contributed by atoms with Gasteiger partial charge in [0.25, 0.3) is 5.91 Å². The smallest absolute Gasteiger partial charge is 0.269 e. The van der Waals surface area contributed by atoms with Crippen molar-refractivity contribution in [2.45, 2.75) is 26.3 Å². The van der Waals surface area contributed by atoms with Crippen LogP contribution in [0.3, 0.4) is 0 Å². The lowest BCUT2D eigenvalue weighted by atomic mass is 10.0. The van der Waals surface area contributed by atoms with Crippen LogP contribution in [0.25, 0.3) is 0 Å². The zero-order valence-electron chi connectivity index (χ0n) is 8.96. The average molecular weight is 230 g/mol. The highest BCUT2D eigenvalue weighted by atomic mass is 35.5. The van der Waals surface area contributed by atoms with E-state index in [0.717, 1.165) is 6.42 Å². The first-order valence-electron chi connectivity index (χ1n) is 5.01. The molecule has 0 spiro atoms. The molecular weight excluding hydrogens is 214 g/mol. The van der Waals surface area contributed by atoms with Crippen molar-refractivity contribution in [1.82, 2.24) is 15.5 Å². The van der Waals surface area contributed by atoms with Crippen LogP contribution < -0.4 is 5.32 Å². The van der Waals surface area contributed by atoms with Crippen molar-refractivity contribution in [1.29, 1.82) is 0 Å². The van der Waals surface area contributed by atoms with Crippen molar-refractivity contribution in [2.75, 3.05) is 5.88 Å². The van der Waals surface area contributed by atoms with E-state index in [1.54, 1.807) is 12.3 Å². The van der Waals surface area contributed by atoms with Gasteiger partial charge in [-0.1, -0.05) is 13.8 Å². The fourth-order valence-electron chi connectivity index (χ4n) is 1.32. The van der Waals surface area contributed by atoms with E-state index < -0.39 is 0 Å². The zero-order chi connectivity index (χ0) is 11.3. The van der Waals surface area contributed by atoms with Crippen LogP contribution in [0.1, 0.15) is 30.8 Å². The first-order chi connectivity index (χ1) is 7.15. The quantitative estimate of drug-likeness (QED) is 0.757. The molecule has 84 valence electrons. The normalized spacial score (nSPS) is 12.8. The highest BCUT2D eigenvalue weighted by molar-refractivity contribution is 6.17. The van der Waals surface area contributed by atoms with Crippen LogP contribution in [0, 0.1) is 5.92 Å². The van der Waals surface area contributed by atoms with Gasteiger partial charge in [-0.15, -0.1) is 11.6 Å². The summed E-state index contributed by atoms with van der Waals surface area (Å²) in [7, 11) is 0. The van der Waals surface area contributed by atoms with Crippen LogP contribution in [0.15, 0.2) is 12.3 Å². The number of nitrogens with one attached hydrogen (secondary N) is 2. The largest absolute Gasteiger partial charge is 0.348 e. The molecule has 0 fully saturated rings. The Bertz CT molecular complexity index is 298. The van der Waals surface area contributed by atoms with Crippen molar-refractivity contribution in [3.63, 3.8) is 0 Å². The van der Waals surface area contributed by atoms with Gasteiger partial charge in [0.2, 0.25) is 0 Å². The van der Waals surface area contributed by atoms with Crippen LogP contribution in [-0.4, -0.2) is 28.0 Å². The fourth-order valence-corrected chi connectivity index (χ4v) is 1.55. The molecule has 0 saturated carbocycles. The topological polar surface area (TPSA) is 57.8 Å². The molecule has 2 N–H and O–H groups in total. The van der Waals surface area contributed by atoms with Gasteiger partial charge in [-0.25, -0.2) is 0 Å². The number of carbonyl (C=O) groups is 1. The van der Waals surface area contributed by atoms with E-state index in [9.17, 15) is 4.79 Å². The predicted octanol–water partition coefficient (Wildman–Crippen LogP) is 1.79. The number of hydrogen-bond donors (Lipinski definition) is 2. The van der Waals surface area contributed by atoms with Gasteiger partial charge in [0, 0.05) is 18.1 Å². The number of aromatic nitrogens is 2. The van der Waals surface area contributed by atoms with E-state index in [4.69, 9.17) is 11.6 Å². The molecule has 0 aromatic carbocycles. The van der Waals surface area contributed by atoms with Gasteiger partial charge in [-0.2, -0.15) is 5.10 Å². The van der Waals surface area contributed by atoms with E-state index >= 15 is 0 Å². The molecule has 0 bridgehead atoms. The molecule has 5 heteroatoms. The van der Waals surface area contributed by atoms with Gasteiger partial charge in [-0.3, -0.25) is 9.89 Å². The predicted molar refractivity (Wildman–Crippen MR) is 60.0 cm³/mol. The second-order valence-corrected chi connectivity index (χ2v) is 4.15. The second-order valence-electron chi connectivity index (χ2n) is 3.77. The van der Waals surface area contributed by atoms with Crippen molar-refractivity contribution < 1.29 is 4.79 Å². The first-order valence-corrected chi connectivity index (χ1v) is 5.54. The van der Waals surface area contributed by atoms with E-state index in [0.29, 0.717) is 17.5 Å². The highest BCUT2D eigenvalue weighted by Crippen LogP contribution is 2.08. The van der Waals surface area contributed by atoms with Gasteiger partial charge in [0.15, 0.2) is 0 Å². The Morgan fingerprint density at radius 1 is 1.67 bits per heavy atom. The van der Waals surface area contributed by atoms with Gasteiger partial charge in [0.1, 0.15) is 5.69 Å². The Kier molecular flexibility index (Phi) is 4.62. The van der Waals surface area contributed by atoms with Crippen molar-refractivity contribution in [3.8, 4) is 0 Å². The zero-order valence-corrected chi connectivity index (χ0v) is 9.71. The van der Waals surface area contributed by atoms with Crippen LogP contribution in [-0.2, 0) is 0 Å². The number of nitrogens with zero attached hydrogens (tertiary/aromatic N) is 1. The second kappa shape index (κ2) is 5.75. The van der Waals surface area contributed by atoms with Gasteiger partial charge < -0.3 is 5.32 Å². The van der Waals surface area contributed by atoms with Crippen LogP contribution in [0.5, 0.6) is 0 Å². The third-order valence-electron chi connectivity index (χ3n) is 2.29. The number of aromatic amines is 1. The Morgan fingerprint density at radius 3 is 2.87 bits per heavy atom. The summed E-state index contributed by atoms with van der Waals surface area (Å²) in [4.78, 5) is 11.7. The van der Waals surface area contributed by atoms with Crippen molar-refractivity contribution >= 4 is 17.5 Å². The molecule has 1 atom stereocenters. The number of hydrogen-bond acceptors (Lipinski definition) is 2. The minimum absolute atomic E-state index is 0.110. The maximum absolute atomic E-state index is 11.7. The first kappa shape index (κ1) is 12.0. The maximum atomic E-state index is 11.7. The summed E-state index contributed by atoms with van der Waals surface area (Å²) >= 11 is 5.68. The lowest BCUT2D eigenvalue weighted by molar-refractivity contribution is 0.0920. The molecule has 0 aliphatic carbocycles. The summed E-state index contributed by atoms with van der Waals surface area (Å²) < 4.78 is 0. The Labute approximate surface area is 94.4 Å². The summed E-state index contributed by atoms with van der Waals surface area (Å²) in [6.07, 6.45) is 2.33. The van der Waals surface area contributed by atoms with Gasteiger partial charge >= 0.3 is 0 Å². The standard InChI is InChI=1S/C10H16ClN3O/c1-7(2)8(3-5-11)13-10(15)9-4-6-12-14-9/h4,6-8H,3,5H2,1-2H3,(H,12,14)(H,13,15). The molecule has 4 nitrogen and oxygen atoms in total. The summed E-state index contributed by atoms with van der Waals surface area (Å²) in [5.74, 6) is 0.790. The van der Waals surface area contributed by atoms with E-state index in [1.807, 2.05) is 0 Å². The Balaban J connectivity index is 2.55. The number of halogens is 1. The lowest BCUT2D eigenvalue weighted by Gasteiger charge is -2.20. The number of alkyl halides is 1. The molecular formula is C10H16ClN3O. The van der Waals surface area contributed by atoms with E-state index in [1.165, 1.54) is 0 Å². The molecule has 0 aliphatic rings. The molecule has 1 heterocycles. The average Bonchev–Trinajstić information content (AvgIpc) is 2.69. The number of carbonyl (C=O) groups excluding carboxylic acids is 1. The van der Waals surface area contributed by atoms with Crippen LogP contribution >= 0.6 is 11.6 Å². The molecule has 0 saturated heterocycles. The minimum atomic E-state index is -0.128. The summed E-state index contributed by atoms with van der Waals surface area (Å²) in [6, 6.07) is 1.76. The third kappa shape index (κ3) is 3.55. The molecule has 1 amide bonds. The fraction of sp³-hybridized carbons (Fsp3) is 0.600. The Hall–Kier alpha value is -1.03. The SMILES string of the molecule is CC(C)C(CCCl)NC(=O)c1ccn[nH]1. The van der Waals surface area contributed by atoms with Gasteiger partial charge in [-0.05, 0) is 18.4 Å². The van der Waals surface area contributed by atoms with Gasteiger partial charge in [0.05, 0.1) is 0 Å². The molecule has 0 aliphatic heterocycles. The number of H-pyrrole nitrogens is 1. The molecule has 15 heavy (non-hydrogen) atoms. The monoisotopic (exact) mass is 229 g/mol. The summed E-state index contributed by atoms with van der Waals surface area (Å²) in [5, 5.41) is 9.28.